The standard InChI is InChI=1S/C13H17N5O/c1-2-13(3-5-14-6-4-13)12-17-11(18-19-12)10-9-15-7-8-16-10/h7-9,14H,2-6H2,1H3. The van der Waals surface area contributed by atoms with Crippen LogP contribution in [-0.4, -0.2) is 33.2 Å². The zero-order valence-corrected chi connectivity index (χ0v) is 11.0. The molecule has 1 fully saturated rings. The van der Waals surface area contributed by atoms with Crippen LogP contribution < -0.4 is 5.32 Å². The maximum atomic E-state index is 5.50. The van der Waals surface area contributed by atoms with Crippen molar-refractivity contribution in [2.45, 2.75) is 31.6 Å². The molecule has 3 rings (SSSR count). The van der Waals surface area contributed by atoms with E-state index in [-0.39, 0.29) is 5.41 Å². The summed E-state index contributed by atoms with van der Waals surface area (Å²) in [6, 6.07) is 0. The van der Waals surface area contributed by atoms with Gasteiger partial charge in [-0.2, -0.15) is 4.98 Å². The number of rotatable bonds is 3. The van der Waals surface area contributed by atoms with Gasteiger partial charge in [0.25, 0.3) is 0 Å². The molecule has 6 heteroatoms. The van der Waals surface area contributed by atoms with E-state index >= 15 is 0 Å². The molecule has 0 bridgehead atoms. The minimum absolute atomic E-state index is 0.0126. The molecular weight excluding hydrogens is 242 g/mol. The molecule has 1 saturated heterocycles. The summed E-state index contributed by atoms with van der Waals surface area (Å²) in [4.78, 5) is 12.8. The second-order valence-electron chi connectivity index (χ2n) is 4.90. The Bertz CT molecular complexity index is 533. The van der Waals surface area contributed by atoms with Crippen LogP contribution in [0.1, 0.15) is 32.1 Å². The summed E-state index contributed by atoms with van der Waals surface area (Å²) in [5.74, 6) is 1.26. The molecule has 0 amide bonds. The number of piperidine rings is 1. The third-order valence-electron chi connectivity index (χ3n) is 3.91. The lowest BCUT2D eigenvalue weighted by Gasteiger charge is -2.33. The topological polar surface area (TPSA) is 76.7 Å². The molecule has 0 aromatic carbocycles. The SMILES string of the molecule is CCC1(c2nc(-c3cnccn3)no2)CCNCC1. The predicted molar refractivity (Wildman–Crippen MR) is 69.4 cm³/mol. The van der Waals surface area contributed by atoms with E-state index in [1.807, 2.05) is 0 Å². The fourth-order valence-electron chi connectivity index (χ4n) is 2.58. The summed E-state index contributed by atoms with van der Waals surface area (Å²) in [6.07, 6.45) is 7.99. The van der Waals surface area contributed by atoms with Crippen molar-refractivity contribution in [2.24, 2.45) is 0 Å². The van der Waals surface area contributed by atoms with Crippen LogP contribution in [0.5, 0.6) is 0 Å². The van der Waals surface area contributed by atoms with Gasteiger partial charge >= 0.3 is 0 Å². The molecule has 19 heavy (non-hydrogen) atoms. The van der Waals surface area contributed by atoms with Gasteiger partial charge < -0.3 is 9.84 Å². The molecule has 1 aliphatic rings. The Labute approximate surface area is 111 Å². The Morgan fingerprint density at radius 2 is 2.16 bits per heavy atom. The molecule has 2 aromatic rings. The summed E-state index contributed by atoms with van der Waals surface area (Å²) in [5, 5.41) is 7.42. The number of nitrogens with zero attached hydrogens (tertiary/aromatic N) is 4. The first kappa shape index (κ1) is 12.2. The summed E-state index contributed by atoms with van der Waals surface area (Å²) in [5.41, 5.74) is 0.663. The Morgan fingerprint density at radius 1 is 1.32 bits per heavy atom. The summed E-state index contributed by atoms with van der Waals surface area (Å²) in [6.45, 7) is 4.17. The quantitative estimate of drug-likeness (QED) is 0.901. The second kappa shape index (κ2) is 5.05. The molecule has 0 aliphatic carbocycles. The van der Waals surface area contributed by atoms with E-state index in [2.05, 4.69) is 32.3 Å². The highest BCUT2D eigenvalue weighted by Crippen LogP contribution is 2.36. The molecule has 0 atom stereocenters. The van der Waals surface area contributed by atoms with Gasteiger partial charge in [0, 0.05) is 12.4 Å². The van der Waals surface area contributed by atoms with E-state index in [1.165, 1.54) is 0 Å². The molecule has 1 aliphatic heterocycles. The smallest absolute Gasteiger partial charge is 0.233 e. The van der Waals surface area contributed by atoms with Crippen molar-refractivity contribution in [3.63, 3.8) is 0 Å². The highest BCUT2D eigenvalue weighted by atomic mass is 16.5. The molecule has 3 heterocycles. The Hall–Kier alpha value is -1.82. The second-order valence-corrected chi connectivity index (χ2v) is 4.90. The first-order chi connectivity index (χ1) is 9.34. The summed E-state index contributed by atoms with van der Waals surface area (Å²) < 4.78 is 5.50. The molecule has 0 radical (unpaired) electrons. The third kappa shape index (κ3) is 2.23. The zero-order chi connectivity index (χ0) is 13.1. The van der Waals surface area contributed by atoms with E-state index < -0.39 is 0 Å². The van der Waals surface area contributed by atoms with E-state index in [1.54, 1.807) is 18.6 Å². The molecule has 6 nitrogen and oxygen atoms in total. The number of hydrogen-bond donors (Lipinski definition) is 1. The molecular formula is C13H17N5O. The third-order valence-corrected chi connectivity index (χ3v) is 3.91. The normalized spacial score (nSPS) is 18.4. The lowest BCUT2D eigenvalue weighted by atomic mass is 9.76. The van der Waals surface area contributed by atoms with Crippen molar-refractivity contribution < 1.29 is 4.52 Å². The predicted octanol–water partition coefficient (Wildman–Crippen LogP) is 1.56. The molecule has 0 spiro atoms. The van der Waals surface area contributed by atoms with Gasteiger partial charge in [-0.05, 0) is 32.4 Å². The molecule has 100 valence electrons. The van der Waals surface area contributed by atoms with Crippen LogP contribution in [0.3, 0.4) is 0 Å². The van der Waals surface area contributed by atoms with Gasteiger partial charge in [-0.3, -0.25) is 4.98 Å². The number of aromatic nitrogens is 4. The van der Waals surface area contributed by atoms with Gasteiger partial charge in [0.2, 0.25) is 11.7 Å². The molecule has 0 unspecified atom stereocenters. The number of hydrogen-bond acceptors (Lipinski definition) is 6. The first-order valence-corrected chi connectivity index (χ1v) is 6.65. The van der Waals surface area contributed by atoms with Gasteiger partial charge in [0.1, 0.15) is 5.69 Å². The van der Waals surface area contributed by atoms with E-state index in [0.29, 0.717) is 11.5 Å². The van der Waals surface area contributed by atoms with Crippen LogP contribution >= 0.6 is 0 Å². The molecule has 0 saturated carbocycles. The fourth-order valence-corrected chi connectivity index (χ4v) is 2.58. The van der Waals surface area contributed by atoms with Crippen LogP contribution in [0.15, 0.2) is 23.1 Å². The molecule has 1 N–H and O–H groups in total. The van der Waals surface area contributed by atoms with Gasteiger partial charge in [-0.25, -0.2) is 4.98 Å². The van der Waals surface area contributed by atoms with Crippen molar-refractivity contribution in [1.29, 1.82) is 0 Å². The van der Waals surface area contributed by atoms with Crippen LogP contribution in [0.4, 0.5) is 0 Å². The van der Waals surface area contributed by atoms with Crippen LogP contribution in [0, 0.1) is 0 Å². The number of nitrogens with one attached hydrogen (secondary N) is 1. The largest absolute Gasteiger partial charge is 0.338 e. The van der Waals surface area contributed by atoms with Crippen LogP contribution in [0.25, 0.3) is 11.5 Å². The summed E-state index contributed by atoms with van der Waals surface area (Å²) in [7, 11) is 0. The van der Waals surface area contributed by atoms with E-state index in [9.17, 15) is 0 Å². The van der Waals surface area contributed by atoms with Gasteiger partial charge in [-0.1, -0.05) is 12.1 Å². The van der Waals surface area contributed by atoms with Crippen molar-refractivity contribution >= 4 is 0 Å². The average molecular weight is 259 g/mol. The Kier molecular flexibility index (Phi) is 3.25. The van der Waals surface area contributed by atoms with Gasteiger partial charge in [-0.15, -0.1) is 0 Å². The van der Waals surface area contributed by atoms with Crippen molar-refractivity contribution in [1.82, 2.24) is 25.4 Å². The van der Waals surface area contributed by atoms with E-state index in [0.717, 1.165) is 38.2 Å². The van der Waals surface area contributed by atoms with Crippen molar-refractivity contribution in [2.75, 3.05) is 13.1 Å². The van der Waals surface area contributed by atoms with Gasteiger partial charge in [0.05, 0.1) is 11.6 Å². The average Bonchev–Trinajstić information content (AvgIpc) is 2.99. The highest BCUT2D eigenvalue weighted by Gasteiger charge is 2.37. The molecule has 2 aromatic heterocycles. The highest BCUT2D eigenvalue weighted by molar-refractivity contribution is 5.45. The Morgan fingerprint density at radius 3 is 2.84 bits per heavy atom. The zero-order valence-electron chi connectivity index (χ0n) is 11.0. The van der Waals surface area contributed by atoms with Crippen molar-refractivity contribution in [3.05, 3.63) is 24.5 Å². The van der Waals surface area contributed by atoms with Crippen LogP contribution in [-0.2, 0) is 5.41 Å². The monoisotopic (exact) mass is 259 g/mol. The van der Waals surface area contributed by atoms with Crippen LogP contribution in [0.2, 0.25) is 0 Å². The fraction of sp³-hybridized carbons (Fsp3) is 0.538. The Balaban J connectivity index is 1.92. The lowest BCUT2D eigenvalue weighted by molar-refractivity contribution is 0.216. The maximum absolute atomic E-state index is 5.50. The van der Waals surface area contributed by atoms with E-state index in [4.69, 9.17) is 4.52 Å². The van der Waals surface area contributed by atoms with Crippen molar-refractivity contribution in [3.8, 4) is 11.5 Å². The van der Waals surface area contributed by atoms with Gasteiger partial charge in [0.15, 0.2) is 0 Å². The first-order valence-electron chi connectivity index (χ1n) is 6.65. The minimum Gasteiger partial charge on any atom is -0.338 e. The minimum atomic E-state index is 0.0126. The maximum Gasteiger partial charge on any atom is 0.233 e. The summed E-state index contributed by atoms with van der Waals surface area (Å²) >= 11 is 0. The lowest BCUT2D eigenvalue weighted by Crippen LogP contribution is -2.39.